The lowest BCUT2D eigenvalue weighted by Gasteiger charge is -2.12. The van der Waals surface area contributed by atoms with Crippen molar-refractivity contribution < 1.29 is 14.3 Å². The molecule has 4 aromatic rings. The quantitative estimate of drug-likeness (QED) is 0.201. The zero-order valence-corrected chi connectivity index (χ0v) is 20.0. The molecule has 0 unspecified atom stereocenters. The van der Waals surface area contributed by atoms with E-state index in [1.807, 2.05) is 31.2 Å². The lowest BCUT2D eigenvalue weighted by Crippen LogP contribution is -2.15. The molecule has 1 heterocycles. The molecule has 4 rings (SSSR count). The molecule has 32 heavy (non-hydrogen) atoms. The van der Waals surface area contributed by atoms with Crippen molar-refractivity contribution in [3.05, 3.63) is 97.9 Å². The molecule has 0 aliphatic heterocycles. The number of benzene rings is 3. The average molecular weight is 529 g/mol. The molecule has 0 saturated heterocycles. The summed E-state index contributed by atoms with van der Waals surface area (Å²) in [5, 5.41) is 1.68. The number of pyridine rings is 1. The van der Waals surface area contributed by atoms with Crippen molar-refractivity contribution in [1.29, 1.82) is 0 Å². The van der Waals surface area contributed by atoms with Crippen LogP contribution in [0.25, 0.3) is 22.2 Å². The topological polar surface area (TPSA) is 56.3 Å². The van der Waals surface area contributed by atoms with E-state index in [4.69, 9.17) is 32.9 Å². The highest BCUT2D eigenvalue weighted by molar-refractivity contribution is 9.10. The van der Waals surface area contributed by atoms with Gasteiger partial charge in [0.2, 0.25) is 0 Å². The first kappa shape index (κ1) is 22.5. The van der Waals surface area contributed by atoms with E-state index in [2.05, 4.69) is 15.9 Å². The van der Waals surface area contributed by atoms with Crippen LogP contribution < -0.4 is 0 Å². The van der Waals surface area contributed by atoms with Gasteiger partial charge in [-0.15, -0.1) is 0 Å². The van der Waals surface area contributed by atoms with Crippen molar-refractivity contribution in [2.75, 3.05) is 6.61 Å². The summed E-state index contributed by atoms with van der Waals surface area (Å²) in [5.74, 6) is -0.930. The lowest BCUT2D eigenvalue weighted by atomic mass is 10.0. The molecule has 0 radical (unpaired) electrons. The molecule has 4 nitrogen and oxygen atoms in total. The first-order valence-corrected chi connectivity index (χ1v) is 11.2. The van der Waals surface area contributed by atoms with Crippen LogP contribution in [0.1, 0.15) is 26.3 Å². The number of aromatic nitrogens is 1. The van der Waals surface area contributed by atoms with Gasteiger partial charge in [-0.1, -0.05) is 57.3 Å². The van der Waals surface area contributed by atoms with E-state index in [-0.39, 0.29) is 12.4 Å². The SMILES string of the molecule is Cc1c(Cl)ccc2c(C(=O)OCC(=O)c3ccc(Cl)cc3)cc(-c3ccc(Br)cc3)nc12. The summed E-state index contributed by atoms with van der Waals surface area (Å²) in [6.07, 6.45) is 0. The Labute approximate surface area is 203 Å². The minimum atomic E-state index is -0.611. The molecule has 0 atom stereocenters. The zero-order chi connectivity index (χ0) is 22.8. The maximum atomic E-state index is 13.0. The second kappa shape index (κ2) is 9.41. The molecule has 0 N–H and O–H groups in total. The van der Waals surface area contributed by atoms with E-state index in [0.717, 1.165) is 15.6 Å². The van der Waals surface area contributed by atoms with Crippen LogP contribution in [-0.4, -0.2) is 23.3 Å². The van der Waals surface area contributed by atoms with Crippen LogP contribution in [0.5, 0.6) is 0 Å². The summed E-state index contributed by atoms with van der Waals surface area (Å²) in [6.45, 7) is 1.46. The van der Waals surface area contributed by atoms with Gasteiger partial charge in [0, 0.05) is 31.0 Å². The van der Waals surface area contributed by atoms with Gasteiger partial charge in [0.05, 0.1) is 16.8 Å². The van der Waals surface area contributed by atoms with Gasteiger partial charge in [0.25, 0.3) is 0 Å². The van der Waals surface area contributed by atoms with Crippen LogP contribution in [0, 0.1) is 6.92 Å². The number of fused-ring (bicyclic) bond motifs is 1. The summed E-state index contributed by atoms with van der Waals surface area (Å²) >= 11 is 15.6. The Morgan fingerprint density at radius 1 is 0.969 bits per heavy atom. The maximum Gasteiger partial charge on any atom is 0.339 e. The van der Waals surface area contributed by atoms with Crippen LogP contribution in [-0.2, 0) is 4.74 Å². The first-order chi connectivity index (χ1) is 15.3. The number of aryl methyl sites for hydroxylation is 1. The number of halogens is 3. The van der Waals surface area contributed by atoms with E-state index >= 15 is 0 Å². The fraction of sp³-hybridized carbons (Fsp3) is 0.0800. The second-order valence-electron chi connectivity index (χ2n) is 7.14. The van der Waals surface area contributed by atoms with Crippen LogP contribution in [0.4, 0.5) is 0 Å². The summed E-state index contributed by atoms with van der Waals surface area (Å²) < 4.78 is 6.31. The number of carbonyl (C=O) groups excluding carboxylic acids is 2. The van der Waals surface area contributed by atoms with E-state index in [1.165, 1.54) is 0 Å². The van der Waals surface area contributed by atoms with Gasteiger partial charge in [-0.25, -0.2) is 9.78 Å². The van der Waals surface area contributed by atoms with Crippen LogP contribution >= 0.6 is 39.1 Å². The molecule has 3 aromatic carbocycles. The molecule has 7 heteroatoms. The van der Waals surface area contributed by atoms with Crippen molar-refractivity contribution in [2.24, 2.45) is 0 Å². The van der Waals surface area contributed by atoms with Crippen molar-refractivity contribution >= 4 is 61.8 Å². The average Bonchev–Trinajstić information content (AvgIpc) is 2.80. The number of ketones is 1. The number of carbonyl (C=O) groups is 2. The summed E-state index contributed by atoms with van der Waals surface area (Å²) in [7, 11) is 0. The predicted molar refractivity (Wildman–Crippen MR) is 131 cm³/mol. The lowest BCUT2D eigenvalue weighted by molar-refractivity contribution is 0.0476. The highest BCUT2D eigenvalue weighted by atomic mass is 79.9. The molecule has 0 saturated carbocycles. The van der Waals surface area contributed by atoms with Crippen molar-refractivity contribution in [3.8, 4) is 11.3 Å². The van der Waals surface area contributed by atoms with Gasteiger partial charge >= 0.3 is 5.97 Å². The molecular formula is C25H16BrCl2NO3. The Kier molecular flexibility index (Phi) is 6.60. The largest absolute Gasteiger partial charge is 0.454 e. The summed E-state index contributed by atoms with van der Waals surface area (Å²) in [5.41, 5.74) is 3.53. The van der Waals surface area contributed by atoms with E-state index in [1.54, 1.807) is 42.5 Å². The Morgan fingerprint density at radius 3 is 2.34 bits per heavy atom. The van der Waals surface area contributed by atoms with Crippen molar-refractivity contribution in [1.82, 2.24) is 4.98 Å². The number of nitrogens with zero attached hydrogens (tertiary/aromatic N) is 1. The minimum absolute atomic E-state index is 0.316. The zero-order valence-electron chi connectivity index (χ0n) is 16.9. The van der Waals surface area contributed by atoms with E-state index in [9.17, 15) is 9.59 Å². The number of hydrogen-bond donors (Lipinski definition) is 0. The predicted octanol–water partition coefficient (Wildman–Crippen LogP) is 7.32. The molecule has 0 bridgehead atoms. The Bertz CT molecular complexity index is 1340. The van der Waals surface area contributed by atoms with Crippen LogP contribution in [0.3, 0.4) is 0 Å². The highest BCUT2D eigenvalue weighted by Crippen LogP contribution is 2.31. The smallest absolute Gasteiger partial charge is 0.339 e. The first-order valence-electron chi connectivity index (χ1n) is 9.65. The molecule has 1 aromatic heterocycles. The monoisotopic (exact) mass is 527 g/mol. The fourth-order valence-corrected chi connectivity index (χ4v) is 3.81. The van der Waals surface area contributed by atoms with Gasteiger partial charge in [0.15, 0.2) is 12.4 Å². The summed E-state index contributed by atoms with van der Waals surface area (Å²) in [4.78, 5) is 30.2. The van der Waals surface area contributed by atoms with Crippen molar-refractivity contribution in [3.63, 3.8) is 0 Å². The highest BCUT2D eigenvalue weighted by Gasteiger charge is 2.19. The standard InChI is InChI=1S/C25H16BrCl2NO3/c1-14-21(28)11-10-19-20(12-22(29-24(14)19)15-2-6-17(26)7-3-15)25(31)32-13-23(30)16-4-8-18(27)9-5-16/h2-12H,13H2,1H3. The normalized spacial score (nSPS) is 10.9. The molecule has 0 aliphatic rings. The number of rotatable bonds is 5. The number of Topliss-reactive ketones (excluding diaryl/α,β-unsaturated/α-hetero) is 1. The number of hydrogen-bond acceptors (Lipinski definition) is 4. The molecule has 160 valence electrons. The second-order valence-corrected chi connectivity index (χ2v) is 8.90. The number of esters is 1. The minimum Gasteiger partial charge on any atom is -0.454 e. The van der Waals surface area contributed by atoms with Crippen LogP contribution in [0.15, 0.2) is 71.2 Å². The van der Waals surface area contributed by atoms with Gasteiger partial charge in [-0.3, -0.25) is 4.79 Å². The molecule has 0 aliphatic carbocycles. The van der Waals surface area contributed by atoms with Crippen molar-refractivity contribution in [2.45, 2.75) is 6.92 Å². The third-order valence-corrected chi connectivity index (χ3v) is 6.22. The third kappa shape index (κ3) is 4.70. The molecular weight excluding hydrogens is 513 g/mol. The van der Waals surface area contributed by atoms with Gasteiger partial charge < -0.3 is 4.74 Å². The molecule has 0 fully saturated rings. The molecule has 0 spiro atoms. The third-order valence-electron chi connectivity index (χ3n) is 5.03. The Hall–Kier alpha value is -2.73. The van der Waals surface area contributed by atoms with E-state index in [0.29, 0.717) is 37.8 Å². The van der Waals surface area contributed by atoms with Gasteiger partial charge in [0.1, 0.15) is 0 Å². The number of ether oxygens (including phenoxy) is 1. The van der Waals surface area contributed by atoms with Crippen LogP contribution in [0.2, 0.25) is 10.0 Å². The van der Waals surface area contributed by atoms with Gasteiger partial charge in [-0.2, -0.15) is 0 Å². The van der Waals surface area contributed by atoms with Gasteiger partial charge in [-0.05, 0) is 61.0 Å². The Morgan fingerprint density at radius 2 is 1.66 bits per heavy atom. The fourth-order valence-electron chi connectivity index (χ4n) is 3.27. The molecule has 0 amide bonds. The van der Waals surface area contributed by atoms with E-state index < -0.39 is 5.97 Å². The maximum absolute atomic E-state index is 13.0. The summed E-state index contributed by atoms with van der Waals surface area (Å²) in [6, 6.07) is 19.1. The Balaban J connectivity index is 1.70.